The summed E-state index contributed by atoms with van der Waals surface area (Å²) in [7, 11) is -3.74. The van der Waals surface area contributed by atoms with Crippen molar-refractivity contribution < 1.29 is 13.5 Å². The summed E-state index contributed by atoms with van der Waals surface area (Å²) in [6, 6.07) is 4.66. The summed E-state index contributed by atoms with van der Waals surface area (Å²) in [4.78, 5) is 6.21. The van der Waals surface area contributed by atoms with Crippen LogP contribution in [-0.2, 0) is 15.7 Å². The van der Waals surface area contributed by atoms with Crippen LogP contribution in [0, 0.1) is 0 Å². The Morgan fingerprint density at radius 2 is 2.12 bits per heavy atom. The van der Waals surface area contributed by atoms with E-state index >= 15 is 0 Å². The summed E-state index contributed by atoms with van der Waals surface area (Å²) in [6.07, 6.45) is 1.63. The summed E-state index contributed by atoms with van der Waals surface area (Å²) in [5.74, 6) is 0.379. The summed E-state index contributed by atoms with van der Waals surface area (Å²) in [5.41, 5.74) is -0.820. The fourth-order valence-electron chi connectivity index (χ4n) is 2.80. The number of sulfonamides is 1. The van der Waals surface area contributed by atoms with E-state index in [1.54, 1.807) is 11.0 Å². The number of hydrogen-bond donors (Lipinski definition) is 2. The maximum absolute atomic E-state index is 12.6. The largest absolute Gasteiger partial charge is 0.366 e. The zero-order valence-electron chi connectivity index (χ0n) is 15.3. The van der Waals surface area contributed by atoms with Crippen molar-refractivity contribution in [3.8, 4) is 0 Å². The van der Waals surface area contributed by atoms with Crippen LogP contribution in [0.1, 0.15) is 39.2 Å². The van der Waals surface area contributed by atoms with E-state index in [-0.39, 0.29) is 9.92 Å². The van der Waals surface area contributed by atoms with Crippen LogP contribution in [0.5, 0.6) is 0 Å². The standard InChI is InChI=1S/C17H26ClN3O3S2/c1-4-7-10-20-26(23,24)15-11-13(8-9-14(15)18)17(22)12-25-16(19-5-2)21(17)6-3/h8-9,11,20,22H,4-7,10,12H2,1-3H3. The molecule has 0 amide bonds. The van der Waals surface area contributed by atoms with E-state index in [1.165, 1.54) is 23.9 Å². The Balaban J connectivity index is 2.41. The van der Waals surface area contributed by atoms with E-state index in [1.807, 2.05) is 20.8 Å². The Hall–Kier alpha value is -0.800. The van der Waals surface area contributed by atoms with Gasteiger partial charge in [0.15, 0.2) is 10.9 Å². The molecule has 0 bridgehead atoms. The van der Waals surface area contributed by atoms with Crippen molar-refractivity contribution in [2.45, 2.75) is 44.2 Å². The van der Waals surface area contributed by atoms with E-state index < -0.39 is 15.7 Å². The summed E-state index contributed by atoms with van der Waals surface area (Å²) in [5, 5.41) is 12.2. The van der Waals surface area contributed by atoms with E-state index in [4.69, 9.17) is 11.6 Å². The topological polar surface area (TPSA) is 82.0 Å². The van der Waals surface area contributed by atoms with Crippen molar-refractivity contribution >= 4 is 38.6 Å². The highest BCUT2D eigenvalue weighted by Gasteiger charge is 2.44. The van der Waals surface area contributed by atoms with Gasteiger partial charge in [-0.25, -0.2) is 13.1 Å². The third kappa shape index (κ3) is 4.36. The fourth-order valence-corrected chi connectivity index (χ4v) is 5.71. The number of nitrogens with zero attached hydrogens (tertiary/aromatic N) is 2. The number of halogens is 1. The van der Waals surface area contributed by atoms with E-state index in [0.29, 0.717) is 31.0 Å². The molecule has 26 heavy (non-hydrogen) atoms. The number of hydrogen-bond acceptors (Lipinski definition) is 5. The smallest absolute Gasteiger partial charge is 0.242 e. The van der Waals surface area contributed by atoms with Crippen LogP contribution in [0.2, 0.25) is 5.02 Å². The summed E-state index contributed by atoms with van der Waals surface area (Å²) >= 11 is 7.61. The predicted molar refractivity (Wildman–Crippen MR) is 108 cm³/mol. The lowest BCUT2D eigenvalue weighted by molar-refractivity contribution is -0.0455. The minimum atomic E-state index is -3.74. The molecule has 1 aromatic rings. The number of unbranched alkanes of at least 4 members (excludes halogenated alkanes) is 1. The molecule has 6 nitrogen and oxygen atoms in total. The third-order valence-electron chi connectivity index (χ3n) is 4.20. The molecule has 1 heterocycles. The molecular formula is C17H26ClN3O3S2. The van der Waals surface area contributed by atoms with E-state index in [2.05, 4.69) is 9.71 Å². The molecule has 0 saturated carbocycles. The molecular weight excluding hydrogens is 394 g/mol. The monoisotopic (exact) mass is 419 g/mol. The molecule has 0 spiro atoms. The van der Waals surface area contributed by atoms with Gasteiger partial charge >= 0.3 is 0 Å². The molecule has 0 aliphatic carbocycles. The summed E-state index contributed by atoms with van der Waals surface area (Å²) in [6.45, 7) is 7.39. The fraction of sp³-hybridized carbons (Fsp3) is 0.588. The predicted octanol–water partition coefficient (Wildman–Crippen LogP) is 3.01. The second kappa shape index (κ2) is 8.93. The van der Waals surface area contributed by atoms with Crippen LogP contribution in [0.3, 0.4) is 0 Å². The lowest BCUT2D eigenvalue weighted by Gasteiger charge is -2.34. The lowest BCUT2D eigenvalue weighted by atomic mass is 10.0. The average molecular weight is 420 g/mol. The second-order valence-electron chi connectivity index (χ2n) is 6.00. The highest BCUT2D eigenvalue weighted by atomic mass is 35.5. The number of benzene rings is 1. The number of amidine groups is 1. The molecule has 146 valence electrons. The third-order valence-corrected chi connectivity index (χ3v) is 7.29. The number of rotatable bonds is 8. The van der Waals surface area contributed by atoms with E-state index in [0.717, 1.165) is 18.0 Å². The lowest BCUT2D eigenvalue weighted by Crippen LogP contribution is -2.45. The Kier molecular flexibility index (Phi) is 7.38. The Bertz CT molecular complexity index is 771. The van der Waals surface area contributed by atoms with Crippen molar-refractivity contribution in [1.82, 2.24) is 9.62 Å². The molecule has 0 aromatic heterocycles. The summed E-state index contributed by atoms with van der Waals surface area (Å²) < 4.78 is 27.8. The SMILES string of the molecule is CCCCNS(=O)(=O)c1cc(C2(O)CSC(=NCC)N2CC)ccc1Cl. The quantitative estimate of drug-likeness (QED) is 0.633. The van der Waals surface area contributed by atoms with Crippen molar-refractivity contribution in [1.29, 1.82) is 0 Å². The first-order valence-corrected chi connectivity index (χ1v) is 11.6. The average Bonchev–Trinajstić information content (AvgIpc) is 2.92. The maximum atomic E-state index is 12.6. The number of nitrogens with one attached hydrogen (secondary N) is 1. The molecule has 2 N–H and O–H groups in total. The zero-order valence-corrected chi connectivity index (χ0v) is 17.7. The van der Waals surface area contributed by atoms with Crippen LogP contribution < -0.4 is 4.72 Å². The highest BCUT2D eigenvalue weighted by molar-refractivity contribution is 8.14. The first-order valence-electron chi connectivity index (χ1n) is 8.77. The molecule has 9 heteroatoms. The molecule has 1 atom stereocenters. The first-order chi connectivity index (χ1) is 12.3. The second-order valence-corrected chi connectivity index (χ2v) is 9.09. The van der Waals surface area contributed by atoms with Crippen LogP contribution in [-0.4, -0.2) is 49.0 Å². The molecule has 2 rings (SSSR count). The number of thioether (sulfide) groups is 1. The Morgan fingerprint density at radius 3 is 2.73 bits per heavy atom. The van der Waals surface area contributed by atoms with Crippen molar-refractivity contribution in [2.75, 3.05) is 25.4 Å². The molecule has 0 radical (unpaired) electrons. The van der Waals surface area contributed by atoms with Crippen LogP contribution in [0.15, 0.2) is 28.1 Å². The molecule has 1 aliphatic heterocycles. The highest BCUT2D eigenvalue weighted by Crippen LogP contribution is 2.40. The normalized spacial score (nSPS) is 22.3. The zero-order chi connectivity index (χ0) is 19.4. The van der Waals surface area contributed by atoms with Crippen molar-refractivity contribution in [2.24, 2.45) is 4.99 Å². The van der Waals surface area contributed by atoms with Gasteiger partial charge in [-0.2, -0.15) is 0 Å². The van der Waals surface area contributed by atoms with Gasteiger partial charge < -0.3 is 10.0 Å². The molecule has 1 aromatic carbocycles. The van der Waals surface area contributed by atoms with Crippen molar-refractivity contribution in [3.05, 3.63) is 28.8 Å². The molecule has 1 saturated heterocycles. The van der Waals surface area contributed by atoms with Crippen LogP contribution >= 0.6 is 23.4 Å². The van der Waals surface area contributed by atoms with Gasteiger partial charge in [-0.05, 0) is 32.4 Å². The van der Waals surface area contributed by atoms with Crippen LogP contribution in [0.4, 0.5) is 0 Å². The van der Waals surface area contributed by atoms with Gasteiger partial charge in [0.05, 0.1) is 10.8 Å². The molecule has 1 unspecified atom stereocenters. The number of aliphatic imine (C=N–C) groups is 1. The maximum Gasteiger partial charge on any atom is 0.242 e. The van der Waals surface area contributed by atoms with Gasteiger partial charge in [0.2, 0.25) is 10.0 Å². The van der Waals surface area contributed by atoms with Gasteiger partial charge in [-0.15, -0.1) is 0 Å². The molecule has 1 fully saturated rings. The van der Waals surface area contributed by atoms with Gasteiger partial charge in [-0.3, -0.25) is 4.99 Å². The minimum Gasteiger partial charge on any atom is -0.366 e. The van der Waals surface area contributed by atoms with Gasteiger partial charge in [0.25, 0.3) is 0 Å². The van der Waals surface area contributed by atoms with Crippen molar-refractivity contribution in [3.63, 3.8) is 0 Å². The minimum absolute atomic E-state index is 0.0110. The van der Waals surface area contributed by atoms with Gasteiger partial charge in [0, 0.05) is 25.2 Å². The van der Waals surface area contributed by atoms with Gasteiger partial charge in [-0.1, -0.05) is 42.8 Å². The molecule has 1 aliphatic rings. The van der Waals surface area contributed by atoms with Crippen LogP contribution in [0.25, 0.3) is 0 Å². The van der Waals surface area contributed by atoms with E-state index in [9.17, 15) is 13.5 Å². The Labute approximate surface area is 165 Å². The Morgan fingerprint density at radius 1 is 1.38 bits per heavy atom. The van der Waals surface area contributed by atoms with Gasteiger partial charge in [0.1, 0.15) is 4.90 Å². The number of aliphatic hydroxyl groups is 1. The first kappa shape index (κ1) is 21.5.